The van der Waals surface area contributed by atoms with Gasteiger partial charge in [-0.05, 0) is 36.2 Å². The second-order valence-electron chi connectivity index (χ2n) is 7.65. The Morgan fingerprint density at radius 1 is 0.912 bits per heavy atom. The number of nitrogens with zero attached hydrogens (tertiary/aromatic N) is 1. The van der Waals surface area contributed by atoms with E-state index >= 15 is 0 Å². The van der Waals surface area contributed by atoms with Crippen molar-refractivity contribution in [1.29, 1.82) is 0 Å². The second-order valence-corrected chi connectivity index (χ2v) is 9.56. The fourth-order valence-electron chi connectivity index (χ4n) is 3.38. The van der Waals surface area contributed by atoms with Gasteiger partial charge in [0, 0.05) is 19.5 Å². The molecule has 3 aromatic rings. The summed E-state index contributed by atoms with van der Waals surface area (Å²) in [6.45, 7) is 0.283. The van der Waals surface area contributed by atoms with Crippen LogP contribution < -0.4 is 14.9 Å². The Kier molecular flexibility index (Phi) is 8.37. The monoisotopic (exact) mass is 483 g/mol. The van der Waals surface area contributed by atoms with Gasteiger partial charge in [-0.15, -0.1) is 0 Å². The van der Waals surface area contributed by atoms with E-state index in [9.17, 15) is 22.4 Å². The molecule has 178 valence electrons. The van der Waals surface area contributed by atoms with Crippen molar-refractivity contribution in [2.45, 2.75) is 19.4 Å². The van der Waals surface area contributed by atoms with Crippen LogP contribution in [0.5, 0.6) is 0 Å². The number of carbonyl (C=O) groups is 2. The fourth-order valence-corrected chi connectivity index (χ4v) is 4.34. The van der Waals surface area contributed by atoms with Crippen LogP contribution in [-0.4, -0.2) is 33.0 Å². The van der Waals surface area contributed by atoms with Gasteiger partial charge in [0.05, 0.1) is 23.2 Å². The van der Waals surface area contributed by atoms with Crippen LogP contribution in [0.2, 0.25) is 0 Å². The smallest absolute Gasteiger partial charge is 0.253 e. The Bertz CT molecular complexity index is 1250. The molecule has 0 unspecified atom stereocenters. The lowest BCUT2D eigenvalue weighted by molar-refractivity contribution is -0.116. The average molecular weight is 484 g/mol. The Morgan fingerprint density at radius 2 is 1.56 bits per heavy atom. The molecule has 0 saturated heterocycles. The maximum Gasteiger partial charge on any atom is 0.253 e. The van der Waals surface area contributed by atoms with Crippen LogP contribution in [0, 0.1) is 5.82 Å². The van der Waals surface area contributed by atoms with E-state index in [4.69, 9.17) is 0 Å². The molecule has 9 heteroatoms. The van der Waals surface area contributed by atoms with Crippen molar-refractivity contribution >= 4 is 33.2 Å². The number of sulfonamides is 1. The van der Waals surface area contributed by atoms with E-state index in [1.165, 1.54) is 18.2 Å². The Morgan fingerprint density at radius 3 is 2.26 bits per heavy atom. The lowest BCUT2D eigenvalue weighted by Gasteiger charge is -2.22. The summed E-state index contributed by atoms with van der Waals surface area (Å²) < 4.78 is 39.4. The Labute approximate surface area is 198 Å². The second kappa shape index (κ2) is 11.4. The maximum absolute atomic E-state index is 14.1. The molecule has 2 N–H and O–H groups in total. The van der Waals surface area contributed by atoms with Gasteiger partial charge in [0.1, 0.15) is 5.82 Å². The van der Waals surface area contributed by atoms with E-state index in [-0.39, 0.29) is 36.9 Å². The summed E-state index contributed by atoms with van der Waals surface area (Å²) in [5, 5.41) is 5.54. The number of halogens is 1. The van der Waals surface area contributed by atoms with Crippen molar-refractivity contribution in [3.05, 3.63) is 95.8 Å². The molecule has 0 spiro atoms. The van der Waals surface area contributed by atoms with E-state index < -0.39 is 15.8 Å². The normalized spacial score (nSPS) is 11.0. The van der Waals surface area contributed by atoms with E-state index in [2.05, 4.69) is 10.6 Å². The van der Waals surface area contributed by atoms with Crippen LogP contribution in [0.1, 0.15) is 28.8 Å². The number of hydrogen-bond donors (Lipinski definition) is 2. The van der Waals surface area contributed by atoms with Crippen LogP contribution in [0.15, 0.2) is 78.9 Å². The van der Waals surface area contributed by atoms with Crippen LogP contribution in [0.4, 0.5) is 15.8 Å². The number of carbonyl (C=O) groups excluding carboxylic acids is 2. The van der Waals surface area contributed by atoms with Crippen molar-refractivity contribution in [1.82, 2.24) is 5.32 Å². The number of benzene rings is 3. The van der Waals surface area contributed by atoms with Crippen molar-refractivity contribution in [2.75, 3.05) is 22.4 Å². The molecular weight excluding hydrogens is 457 g/mol. The van der Waals surface area contributed by atoms with Gasteiger partial charge >= 0.3 is 0 Å². The van der Waals surface area contributed by atoms with Gasteiger partial charge in [0.25, 0.3) is 5.91 Å². The highest BCUT2D eigenvalue weighted by Gasteiger charge is 2.21. The third-order valence-corrected chi connectivity index (χ3v) is 6.21. The van der Waals surface area contributed by atoms with E-state index in [0.717, 1.165) is 16.1 Å². The predicted molar refractivity (Wildman–Crippen MR) is 131 cm³/mol. The number of nitrogens with one attached hydrogen (secondary N) is 2. The zero-order chi connectivity index (χ0) is 24.6. The summed E-state index contributed by atoms with van der Waals surface area (Å²) in [5.41, 5.74) is 1.55. The SMILES string of the molecule is CS(=O)(=O)N(CCCC(=O)Nc1ccccc1C(=O)NCc1ccccc1)c1ccccc1F. The summed E-state index contributed by atoms with van der Waals surface area (Å²) in [7, 11) is -3.74. The van der Waals surface area contributed by atoms with Gasteiger partial charge in [0.2, 0.25) is 15.9 Å². The highest BCUT2D eigenvalue weighted by Crippen LogP contribution is 2.22. The van der Waals surface area contributed by atoms with Gasteiger partial charge in [-0.25, -0.2) is 12.8 Å². The summed E-state index contributed by atoms with van der Waals surface area (Å²) in [4.78, 5) is 25.2. The van der Waals surface area contributed by atoms with Crippen LogP contribution in [0.3, 0.4) is 0 Å². The van der Waals surface area contributed by atoms with E-state index in [0.29, 0.717) is 17.8 Å². The molecule has 0 aliphatic rings. The van der Waals surface area contributed by atoms with Crippen LogP contribution >= 0.6 is 0 Å². The van der Waals surface area contributed by atoms with Crippen molar-refractivity contribution in [3.63, 3.8) is 0 Å². The van der Waals surface area contributed by atoms with E-state index in [1.54, 1.807) is 30.3 Å². The zero-order valence-electron chi connectivity index (χ0n) is 18.7. The van der Waals surface area contributed by atoms with Gasteiger partial charge in [-0.1, -0.05) is 54.6 Å². The topological polar surface area (TPSA) is 95.6 Å². The quantitative estimate of drug-likeness (QED) is 0.457. The molecule has 2 amide bonds. The molecule has 3 rings (SSSR count). The molecular formula is C25H26FN3O4S. The van der Waals surface area contributed by atoms with Gasteiger partial charge < -0.3 is 10.6 Å². The van der Waals surface area contributed by atoms with Crippen LogP contribution in [-0.2, 0) is 21.4 Å². The first-order valence-corrected chi connectivity index (χ1v) is 12.5. The average Bonchev–Trinajstić information content (AvgIpc) is 2.81. The molecule has 0 heterocycles. The fraction of sp³-hybridized carbons (Fsp3) is 0.200. The first-order chi connectivity index (χ1) is 16.3. The summed E-state index contributed by atoms with van der Waals surface area (Å²) in [5.74, 6) is -1.37. The van der Waals surface area contributed by atoms with Gasteiger partial charge in [-0.2, -0.15) is 0 Å². The molecule has 0 radical (unpaired) electrons. The van der Waals surface area contributed by atoms with Crippen molar-refractivity contribution in [3.8, 4) is 0 Å². The Hall–Kier alpha value is -3.72. The molecule has 0 aliphatic carbocycles. The highest BCUT2D eigenvalue weighted by atomic mass is 32.2. The third kappa shape index (κ3) is 6.89. The zero-order valence-corrected chi connectivity index (χ0v) is 19.5. The largest absolute Gasteiger partial charge is 0.348 e. The molecule has 7 nitrogen and oxygen atoms in total. The van der Waals surface area contributed by atoms with Crippen LogP contribution in [0.25, 0.3) is 0 Å². The molecule has 0 bridgehead atoms. The predicted octanol–water partition coefficient (Wildman–Crippen LogP) is 3.94. The summed E-state index contributed by atoms with van der Waals surface area (Å²) >= 11 is 0. The minimum absolute atomic E-state index is 0.0135. The number of rotatable bonds is 10. The summed E-state index contributed by atoms with van der Waals surface area (Å²) in [6, 6.07) is 21.7. The van der Waals surface area contributed by atoms with Crippen molar-refractivity contribution < 1.29 is 22.4 Å². The third-order valence-electron chi connectivity index (χ3n) is 5.03. The van der Waals surface area contributed by atoms with Gasteiger partial charge in [-0.3, -0.25) is 13.9 Å². The molecule has 3 aromatic carbocycles. The standard InChI is InChI=1S/C25H26FN3O4S/c1-34(32,33)29(23-15-8-6-13-21(23)26)17-9-16-24(30)28-22-14-7-5-12-20(22)25(31)27-18-19-10-3-2-4-11-19/h2-8,10-15H,9,16-18H2,1H3,(H,27,31)(H,28,30). The molecule has 0 aromatic heterocycles. The molecule has 0 atom stereocenters. The molecule has 0 fully saturated rings. The number of hydrogen-bond acceptors (Lipinski definition) is 4. The molecule has 0 saturated carbocycles. The van der Waals surface area contributed by atoms with E-state index in [1.807, 2.05) is 30.3 Å². The van der Waals surface area contributed by atoms with Gasteiger partial charge in [0.15, 0.2) is 0 Å². The maximum atomic E-state index is 14.1. The molecule has 0 aliphatic heterocycles. The minimum atomic E-state index is -3.74. The lowest BCUT2D eigenvalue weighted by atomic mass is 10.1. The Balaban J connectivity index is 1.59. The first-order valence-electron chi connectivity index (χ1n) is 10.7. The summed E-state index contributed by atoms with van der Waals surface area (Å²) in [6.07, 6.45) is 1.14. The highest BCUT2D eigenvalue weighted by molar-refractivity contribution is 7.92. The lowest BCUT2D eigenvalue weighted by Crippen LogP contribution is -2.32. The number of para-hydroxylation sites is 2. The number of anilines is 2. The molecule has 34 heavy (non-hydrogen) atoms. The number of amides is 2. The first kappa shape index (κ1) is 24.9. The van der Waals surface area contributed by atoms with Crippen molar-refractivity contribution in [2.24, 2.45) is 0 Å². The minimum Gasteiger partial charge on any atom is -0.348 e.